The molecule has 0 saturated heterocycles. The van der Waals surface area contributed by atoms with Crippen LogP contribution in [-0.4, -0.2) is 46.1 Å². The van der Waals surface area contributed by atoms with Gasteiger partial charge in [0.1, 0.15) is 6.10 Å². The Balaban J connectivity index is 3.76. The van der Waals surface area contributed by atoms with Crippen molar-refractivity contribution in [3.63, 3.8) is 0 Å². The molecular weight excluding hydrogens is 534 g/mol. The zero-order chi connectivity index (χ0) is 31.6. The maximum absolute atomic E-state index is 12.4. The van der Waals surface area contributed by atoms with Crippen molar-refractivity contribution in [2.24, 2.45) is 0 Å². The second-order valence-corrected chi connectivity index (χ2v) is 12.0. The second-order valence-electron chi connectivity index (χ2n) is 12.0. The minimum atomic E-state index is -1.11. The fraction of sp³-hybridized carbons (Fsp3) is 0.763. The molecule has 0 radical (unpaired) electrons. The molecule has 1 amide bonds. The second kappa shape index (κ2) is 33.2. The minimum absolute atomic E-state index is 0.385. The molecule has 0 aliphatic rings. The number of carbonyl (C=O) groups is 1. The summed E-state index contributed by atoms with van der Waals surface area (Å²) in [6.45, 7) is 4.02. The Kier molecular flexibility index (Phi) is 31.9. The van der Waals surface area contributed by atoms with Gasteiger partial charge in [0.15, 0.2) is 0 Å². The van der Waals surface area contributed by atoms with Crippen LogP contribution in [0.1, 0.15) is 162 Å². The Morgan fingerprint density at radius 1 is 0.581 bits per heavy atom. The summed E-state index contributed by atoms with van der Waals surface area (Å²) in [6.07, 6.45) is 41.4. The average molecular weight is 604 g/mol. The van der Waals surface area contributed by atoms with Crippen LogP contribution in [0.15, 0.2) is 48.6 Å². The van der Waals surface area contributed by atoms with E-state index in [1.807, 2.05) is 6.08 Å². The highest BCUT2D eigenvalue weighted by molar-refractivity contribution is 5.80. The number of aliphatic hydroxyl groups is 3. The fourth-order valence-electron chi connectivity index (χ4n) is 5.04. The number of amides is 1. The first kappa shape index (κ1) is 41.3. The van der Waals surface area contributed by atoms with Gasteiger partial charge in [0.05, 0.1) is 18.8 Å². The molecule has 0 aromatic heterocycles. The highest BCUT2D eigenvalue weighted by Crippen LogP contribution is 2.13. The van der Waals surface area contributed by atoms with E-state index < -0.39 is 24.2 Å². The predicted octanol–water partition coefficient (Wildman–Crippen LogP) is 9.42. The molecule has 0 rings (SSSR count). The number of hydrogen-bond donors (Lipinski definition) is 4. The molecule has 0 aromatic carbocycles. The van der Waals surface area contributed by atoms with Crippen LogP contribution in [-0.2, 0) is 4.79 Å². The summed E-state index contributed by atoms with van der Waals surface area (Å²) < 4.78 is 0. The van der Waals surface area contributed by atoms with E-state index in [4.69, 9.17) is 0 Å². The Morgan fingerprint density at radius 3 is 1.53 bits per heavy atom. The summed E-state index contributed by atoms with van der Waals surface area (Å²) in [5.74, 6) is -0.527. The van der Waals surface area contributed by atoms with Gasteiger partial charge in [-0.25, -0.2) is 0 Å². The number of rotatable bonds is 31. The van der Waals surface area contributed by atoms with Gasteiger partial charge >= 0.3 is 0 Å². The topological polar surface area (TPSA) is 89.8 Å². The highest BCUT2D eigenvalue weighted by Gasteiger charge is 2.22. The molecule has 0 saturated carbocycles. The highest BCUT2D eigenvalue weighted by atomic mass is 16.3. The zero-order valence-corrected chi connectivity index (χ0v) is 28.1. The molecule has 250 valence electrons. The van der Waals surface area contributed by atoms with Crippen LogP contribution < -0.4 is 5.32 Å². The lowest BCUT2D eigenvalue weighted by Crippen LogP contribution is -2.48. The Labute approximate surface area is 266 Å². The molecule has 0 spiro atoms. The summed E-state index contributed by atoms with van der Waals surface area (Å²) >= 11 is 0. The maximum Gasteiger partial charge on any atom is 0.249 e. The lowest BCUT2D eigenvalue weighted by Gasteiger charge is -2.21. The number of hydrogen-bond acceptors (Lipinski definition) is 4. The van der Waals surface area contributed by atoms with Crippen LogP contribution in [0.25, 0.3) is 0 Å². The third-order valence-electron chi connectivity index (χ3n) is 7.88. The van der Waals surface area contributed by atoms with Crippen LogP contribution in [0.2, 0.25) is 0 Å². The lowest BCUT2D eigenvalue weighted by atomic mass is 10.0. The fourth-order valence-corrected chi connectivity index (χ4v) is 5.04. The SMILES string of the molecule is CC/C=C/CC/C=C/CC/C=C/C(O)C(CO)NC(=O)C(O)CCCCCCCC/C=C\CCCCCCCCCCC. The van der Waals surface area contributed by atoms with Crippen molar-refractivity contribution in [1.82, 2.24) is 5.32 Å². The smallest absolute Gasteiger partial charge is 0.249 e. The van der Waals surface area contributed by atoms with Gasteiger partial charge in [-0.2, -0.15) is 0 Å². The molecule has 0 heterocycles. The van der Waals surface area contributed by atoms with Crippen molar-refractivity contribution in [3.05, 3.63) is 48.6 Å². The van der Waals surface area contributed by atoms with E-state index in [0.29, 0.717) is 6.42 Å². The first-order valence-electron chi connectivity index (χ1n) is 18.0. The van der Waals surface area contributed by atoms with Gasteiger partial charge in [-0.3, -0.25) is 4.79 Å². The van der Waals surface area contributed by atoms with Crippen molar-refractivity contribution >= 4 is 5.91 Å². The van der Waals surface area contributed by atoms with E-state index in [1.54, 1.807) is 6.08 Å². The molecule has 0 bridgehead atoms. The number of unbranched alkanes of at least 4 members (excludes halogenated alkanes) is 17. The Morgan fingerprint density at radius 2 is 1.02 bits per heavy atom. The van der Waals surface area contributed by atoms with Gasteiger partial charge in [-0.05, 0) is 64.2 Å². The zero-order valence-electron chi connectivity index (χ0n) is 28.1. The van der Waals surface area contributed by atoms with Crippen molar-refractivity contribution in [2.45, 2.75) is 180 Å². The summed E-state index contributed by atoms with van der Waals surface area (Å²) in [6, 6.07) is -0.821. The maximum atomic E-state index is 12.4. The Hall–Kier alpha value is -1.69. The van der Waals surface area contributed by atoms with Gasteiger partial charge in [0.25, 0.3) is 0 Å². The standard InChI is InChI=1S/C38H69NO4/c1-3-5-7-9-11-13-15-16-17-18-19-20-21-22-23-25-27-29-31-33-37(42)38(43)39-35(34-40)36(41)32-30-28-26-24-14-12-10-8-6-4-2/h6,8,14,19-20,24,30,32,35-37,40-42H,3-5,7,9-13,15-18,21-23,25-29,31,33-34H2,1-2H3,(H,39,43)/b8-6+,20-19-,24-14+,32-30+. The van der Waals surface area contributed by atoms with Gasteiger partial charge < -0.3 is 20.6 Å². The number of aliphatic hydroxyl groups excluding tert-OH is 3. The molecule has 3 unspecified atom stereocenters. The minimum Gasteiger partial charge on any atom is -0.394 e. The first-order valence-corrected chi connectivity index (χ1v) is 18.0. The third-order valence-corrected chi connectivity index (χ3v) is 7.88. The van der Waals surface area contributed by atoms with E-state index in [0.717, 1.165) is 57.8 Å². The van der Waals surface area contributed by atoms with Crippen LogP contribution in [0.5, 0.6) is 0 Å². The summed E-state index contributed by atoms with van der Waals surface area (Å²) in [5, 5.41) is 32.8. The van der Waals surface area contributed by atoms with Crippen LogP contribution in [0, 0.1) is 0 Å². The van der Waals surface area contributed by atoms with Crippen molar-refractivity contribution < 1.29 is 20.1 Å². The quantitative estimate of drug-likeness (QED) is 0.0469. The molecule has 0 fully saturated rings. The molecule has 0 aromatic rings. The number of carbonyl (C=O) groups excluding carboxylic acids is 1. The van der Waals surface area contributed by atoms with Crippen LogP contribution in [0.4, 0.5) is 0 Å². The summed E-state index contributed by atoms with van der Waals surface area (Å²) in [7, 11) is 0. The van der Waals surface area contributed by atoms with Gasteiger partial charge in [0.2, 0.25) is 5.91 Å². The van der Waals surface area contributed by atoms with Gasteiger partial charge in [-0.1, -0.05) is 146 Å². The summed E-state index contributed by atoms with van der Waals surface area (Å²) in [5.41, 5.74) is 0. The van der Waals surface area contributed by atoms with E-state index in [-0.39, 0.29) is 6.61 Å². The van der Waals surface area contributed by atoms with Crippen molar-refractivity contribution in [3.8, 4) is 0 Å². The monoisotopic (exact) mass is 604 g/mol. The predicted molar refractivity (Wildman–Crippen MR) is 185 cm³/mol. The van der Waals surface area contributed by atoms with E-state index >= 15 is 0 Å². The molecule has 3 atom stereocenters. The number of nitrogens with one attached hydrogen (secondary N) is 1. The molecular formula is C38H69NO4. The molecule has 4 N–H and O–H groups in total. The molecule has 0 aliphatic carbocycles. The van der Waals surface area contributed by atoms with Gasteiger partial charge in [0, 0.05) is 0 Å². The van der Waals surface area contributed by atoms with Crippen molar-refractivity contribution in [1.29, 1.82) is 0 Å². The normalized spacial score (nSPS) is 14.4. The largest absolute Gasteiger partial charge is 0.394 e. The molecule has 5 nitrogen and oxygen atoms in total. The molecule has 0 aliphatic heterocycles. The van der Waals surface area contributed by atoms with Crippen LogP contribution >= 0.6 is 0 Å². The first-order chi connectivity index (χ1) is 21.1. The summed E-state index contributed by atoms with van der Waals surface area (Å²) in [4.78, 5) is 12.4. The van der Waals surface area contributed by atoms with E-state index in [9.17, 15) is 20.1 Å². The van der Waals surface area contributed by atoms with Gasteiger partial charge in [-0.15, -0.1) is 0 Å². The van der Waals surface area contributed by atoms with E-state index in [1.165, 1.54) is 83.5 Å². The number of allylic oxidation sites excluding steroid dienone is 7. The third kappa shape index (κ3) is 28.8. The lowest BCUT2D eigenvalue weighted by molar-refractivity contribution is -0.131. The van der Waals surface area contributed by atoms with Crippen molar-refractivity contribution in [2.75, 3.05) is 6.61 Å². The van der Waals surface area contributed by atoms with E-state index in [2.05, 4.69) is 55.6 Å². The average Bonchev–Trinajstić information content (AvgIpc) is 3.01. The van der Waals surface area contributed by atoms with Crippen LogP contribution in [0.3, 0.4) is 0 Å². The molecule has 5 heteroatoms. The molecule has 43 heavy (non-hydrogen) atoms. The Bertz CT molecular complexity index is 715.